The Bertz CT molecular complexity index is 686. The van der Waals surface area contributed by atoms with E-state index in [1.807, 2.05) is 0 Å². The van der Waals surface area contributed by atoms with Crippen molar-refractivity contribution < 1.29 is 13.9 Å². The standard InChI is InChI=1S/C22H30FNO2Si/c1-2-11-27-12-9-17(10-13-27)16-3-5-18(6-4-16)22(25)26-20-8-7-19(15-24)21(23)14-20/h7-8,14,16-18,27H,2-6,9-13H2,1H3. The molecule has 5 heteroatoms. The van der Waals surface area contributed by atoms with Gasteiger partial charge in [0.15, 0.2) is 0 Å². The molecule has 0 unspecified atom stereocenters. The highest BCUT2D eigenvalue weighted by molar-refractivity contribution is 6.58. The van der Waals surface area contributed by atoms with Crippen molar-refractivity contribution in [3.63, 3.8) is 0 Å². The zero-order valence-electron chi connectivity index (χ0n) is 16.3. The molecule has 146 valence electrons. The van der Waals surface area contributed by atoms with E-state index in [1.54, 1.807) is 6.07 Å². The molecule has 1 aliphatic carbocycles. The normalized spacial score (nSPS) is 28.3. The van der Waals surface area contributed by atoms with Crippen molar-refractivity contribution in [3.8, 4) is 11.8 Å². The van der Waals surface area contributed by atoms with Gasteiger partial charge in [0, 0.05) is 14.9 Å². The maximum Gasteiger partial charge on any atom is 0.314 e. The average Bonchev–Trinajstić information content (AvgIpc) is 2.69. The topological polar surface area (TPSA) is 50.1 Å². The monoisotopic (exact) mass is 387 g/mol. The van der Waals surface area contributed by atoms with Crippen LogP contribution in [-0.2, 0) is 4.79 Å². The molecular formula is C22H30FNO2Si. The van der Waals surface area contributed by atoms with Gasteiger partial charge in [0.25, 0.3) is 0 Å². The second-order valence-corrected chi connectivity index (χ2v) is 11.8. The first kappa shape index (κ1) is 20.1. The number of carbonyl (C=O) groups excluding carboxylic acids is 1. The average molecular weight is 388 g/mol. The summed E-state index contributed by atoms with van der Waals surface area (Å²) in [5, 5.41) is 8.77. The minimum absolute atomic E-state index is 0.0352. The van der Waals surface area contributed by atoms with E-state index in [2.05, 4.69) is 6.92 Å². The largest absolute Gasteiger partial charge is 0.426 e. The van der Waals surface area contributed by atoms with Crippen LogP contribution >= 0.6 is 0 Å². The van der Waals surface area contributed by atoms with Crippen LogP contribution in [0.25, 0.3) is 0 Å². The summed E-state index contributed by atoms with van der Waals surface area (Å²) in [6.07, 6.45) is 8.20. The lowest BCUT2D eigenvalue weighted by Crippen LogP contribution is -2.31. The molecule has 1 saturated carbocycles. The van der Waals surface area contributed by atoms with Gasteiger partial charge < -0.3 is 4.74 Å². The van der Waals surface area contributed by atoms with Crippen LogP contribution in [0.15, 0.2) is 18.2 Å². The van der Waals surface area contributed by atoms with Crippen LogP contribution in [0.5, 0.6) is 5.75 Å². The van der Waals surface area contributed by atoms with E-state index in [1.165, 1.54) is 49.5 Å². The van der Waals surface area contributed by atoms with Gasteiger partial charge in [-0.25, -0.2) is 4.39 Å². The number of benzene rings is 1. The molecule has 0 bridgehead atoms. The van der Waals surface area contributed by atoms with Crippen molar-refractivity contribution in [2.75, 3.05) is 0 Å². The van der Waals surface area contributed by atoms with Crippen LogP contribution in [0.3, 0.4) is 0 Å². The molecule has 3 nitrogen and oxygen atoms in total. The van der Waals surface area contributed by atoms with Gasteiger partial charge in [-0.3, -0.25) is 4.79 Å². The number of nitriles is 1. The fourth-order valence-corrected chi connectivity index (χ4v) is 8.51. The third-order valence-electron chi connectivity index (χ3n) is 6.64. The molecule has 2 aliphatic rings. The zero-order valence-corrected chi connectivity index (χ0v) is 17.4. The molecule has 3 rings (SSSR count). The smallest absolute Gasteiger partial charge is 0.314 e. The first-order valence-corrected chi connectivity index (χ1v) is 13.0. The molecule has 0 spiro atoms. The lowest BCUT2D eigenvalue weighted by Gasteiger charge is -2.37. The molecule has 2 fully saturated rings. The van der Waals surface area contributed by atoms with Crippen molar-refractivity contribution in [2.45, 2.75) is 70.0 Å². The minimum Gasteiger partial charge on any atom is -0.426 e. The number of carbonyl (C=O) groups is 1. The molecular weight excluding hydrogens is 357 g/mol. The molecule has 27 heavy (non-hydrogen) atoms. The second kappa shape index (κ2) is 9.50. The molecule has 0 amide bonds. The maximum absolute atomic E-state index is 13.7. The van der Waals surface area contributed by atoms with Crippen molar-refractivity contribution in [1.82, 2.24) is 0 Å². The number of esters is 1. The number of hydrogen-bond acceptors (Lipinski definition) is 3. The molecule has 1 heterocycles. The summed E-state index contributed by atoms with van der Waals surface area (Å²) < 4.78 is 19.0. The van der Waals surface area contributed by atoms with E-state index >= 15 is 0 Å². The Hall–Kier alpha value is -1.67. The summed E-state index contributed by atoms with van der Waals surface area (Å²) in [5.41, 5.74) is -0.0352. The first-order valence-electron chi connectivity index (χ1n) is 10.5. The van der Waals surface area contributed by atoms with Gasteiger partial charge in [0.2, 0.25) is 0 Å². The van der Waals surface area contributed by atoms with Gasteiger partial charge in [-0.05, 0) is 49.7 Å². The fraction of sp³-hybridized carbons (Fsp3) is 0.636. The van der Waals surface area contributed by atoms with E-state index in [0.29, 0.717) is 0 Å². The minimum atomic E-state index is -0.645. The number of hydrogen-bond donors (Lipinski definition) is 0. The van der Waals surface area contributed by atoms with Gasteiger partial charge in [-0.15, -0.1) is 0 Å². The first-order chi connectivity index (χ1) is 13.1. The SMILES string of the molecule is CCC[SiH]1CCC(C2CCC(C(=O)Oc3ccc(C#N)c(F)c3)CC2)CC1. The Morgan fingerprint density at radius 2 is 1.85 bits per heavy atom. The third-order valence-corrected chi connectivity index (χ3v) is 10.3. The van der Waals surface area contributed by atoms with Crippen LogP contribution in [-0.4, -0.2) is 14.8 Å². The molecule has 1 saturated heterocycles. The third kappa shape index (κ3) is 5.19. The maximum atomic E-state index is 13.7. The summed E-state index contributed by atoms with van der Waals surface area (Å²) in [6, 6.07) is 10.3. The molecule has 0 aromatic heterocycles. The van der Waals surface area contributed by atoms with E-state index in [0.717, 1.165) is 43.6 Å². The highest BCUT2D eigenvalue weighted by atomic mass is 28.3. The quantitative estimate of drug-likeness (QED) is 0.383. The van der Waals surface area contributed by atoms with Crippen molar-refractivity contribution in [2.24, 2.45) is 17.8 Å². The van der Waals surface area contributed by atoms with Crippen LogP contribution in [0, 0.1) is 34.9 Å². The lowest BCUT2D eigenvalue weighted by molar-refractivity contribution is -0.140. The summed E-state index contributed by atoms with van der Waals surface area (Å²) in [5.74, 6) is 0.863. The Labute approximate surface area is 163 Å². The van der Waals surface area contributed by atoms with Gasteiger partial charge in [-0.2, -0.15) is 5.26 Å². The highest BCUT2D eigenvalue weighted by Gasteiger charge is 2.33. The predicted molar refractivity (Wildman–Crippen MR) is 107 cm³/mol. The zero-order chi connectivity index (χ0) is 19.2. The molecule has 0 radical (unpaired) electrons. The summed E-state index contributed by atoms with van der Waals surface area (Å²) in [7, 11) is -0.423. The van der Waals surface area contributed by atoms with Gasteiger partial charge in [0.1, 0.15) is 17.6 Å². The lowest BCUT2D eigenvalue weighted by atomic mass is 9.74. The van der Waals surface area contributed by atoms with Gasteiger partial charge >= 0.3 is 5.97 Å². The number of halogens is 1. The number of rotatable bonds is 5. The van der Waals surface area contributed by atoms with Crippen LogP contribution in [0.2, 0.25) is 18.1 Å². The summed E-state index contributed by atoms with van der Waals surface area (Å²) in [6.45, 7) is 2.31. The Balaban J connectivity index is 1.46. The number of ether oxygens (including phenoxy) is 1. The number of nitrogens with zero attached hydrogens (tertiary/aromatic N) is 1. The molecule has 1 aromatic rings. The molecule has 0 N–H and O–H groups in total. The van der Waals surface area contributed by atoms with E-state index < -0.39 is 14.6 Å². The predicted octanol–water partition coefficient (Wildman–Crippen LogP) is 5.46. The van der Waals surface area contributed by atoms with Crippen molar-refractivity contribution in [1.29, 1.82) is 5.26 Å². The summed E-state index contributed by atoms with van der Waals surface area (Å²) >= 11 is 0. The van der Waals surface area contributed by atoms with E-state index in [4.69, 9.17) is 10.00 Å². The van der Waals surface area contributed by atoms with Crippen LogP contribution < -0.4 is 4.74 Å². The van der Waals surface area contributed by atoms with Crippen LogP contribution in [0.4, 0.5) is 4.39 Å². The Morgan fingerprint density at radius 3 is 2.44 bits per heavy atom. The second-order valence-electron chi connectivity index (χ2n) is 8.36. The molecule has 1 aliphatic heterocycles. The van der Waals surface area contributed by atoms with Gasteiger partial charge in [-0.1, -0.05) is 44.3 Å². The molecule has 1 aromatic carbocycles. The summed E-state index contributed by atoms with van der Waals surface area (Å²) in [4.78, 5) is 12.4. The van der Waals surface area contributed by atoms with E-state index in [-0.39, 0.29) is 23.2 Å². The van der Waals surface area contributed by atoms with E-state index in [9.17, 15) is 9.18 Å². The Morgan fingerprint density at radius 1 is 1.19 bits per heavy atom. The van der Waals surface area contributed by atoms with Gasteiger partial charge in [0.05, 0.1) is 11.5 Å². The van der Waals surface area contributed by atoms with Crippen molar-refractivity contribution in [3.05, 3.63) is 29.6 Å². The van der Waals surface area contributed by atoms with Crippen LogP contribution in [0.1, 0.15) is 57.4 Å². The Kier molecular flexibility index (Phi) is 7.06. The molecule has 0 atom stereocenters. The fourth-order valence-electron chi connectivity index (χ4n) is 5.03. The van der Waals surface area contributed by atoms with Crippen molar-refractivity contribution >= 4 is 14.8 Å². The highest BCUT2D eigenvalue weighted by Crippen LogP contribution is 2.41.